The number of nitrogens with one attached hydrogen (secondary N) is 1. The van der Waals surface area contributed by atoms with Crippen molar-refractivity contribution in [1.29, 1.82) is 0 Å². The van der Waals surface area contributed by atoms with Gasteiger partial charge in [0.15, 0.2) is 5.76 Å². The van der Waals surface area contributed by atoms with E-state index in [4.69, 9.17) is 8.94 Å². The smallest absolute Gasteiger partial charge is 0.242 e. The van der Waals surface area contributed by atoms with Crippen LogP contribution in [0.4, 0.5) is 5.69 Å². The standard InChI is InChI=1S/C21H23N5O4/c27-18(8-9-19-23-21(24-30-19)17-7-4-14-29-17)22-15-20(28)26-12-10-25(11-13-26)16-5-2-1-3-6-16/h1-7,14H,8-13,15H2,(H,22,27). The normalized spacial score (nSPS) is 14.0. The topological polar surface area (TPSA) is 105 Å². The molecule has 9 nitrogen and oxygen atoms in total. The van der Waals surface area contributed by atoms with E-state index < -0.39 is 0 Å². The second-order valence-electron chi connectivity index (χ2n) is 6.97. The minimum absolute atomic E-state index is 0.00828. The molecule has 0 bridgehead atoms. The molecular formula is C21H23N5O4. The fourth-order valence-corrected chi connectivity index (χ4v) is 3.31. The average molecular weight is 409 g/mol. The van der Waals surface area contributed by atoms with Gasteiger partial charge in [0.05, 0.1) is 12.8 Å². The zero-order valence-corrected chi connectivity index (χ0v) is 16.5. The molecule has 0 aliphatic carbocycles. The number of para-hydroxylation sites is 1. The van der Waals surface area contributed by atoms with Gasteiger partial charge in [0.1, 0.15) is 0 Å². The van der Waals surface area contributed by atoms with Crippen LogP contribution in [0.25, 0.3) is 11.6 Å². The number of benzene rings is 1. The predicted molar refractivity (Wildman–Crippen MR) is 109 cm³/mol. The molecule has 1 aliphatic rings. The molecule has 4 rings (SSSR count). The molecule has 3 aromatic rings. The lowest BCUT2D eigenvalue weighted by atomic mass is 10.2. The van der Waals surface area contributed by atoms with Gasteiger partial charge in [-0.3, -0.25) is 9.59 Å². The van der Waals surface area contributed by atoms with Crippen molar-refractivity contribution in [3.8, 4) is 11.6 Å². The number of anilines is 1. The highest BCUT2D eigenvalue weighted by atomic mass is 16.5. The van der Waals surface area contributed by atoms with E-state index in [0.717, 1.165) is 18.8 Å². The summed E-state index contributed by atoms with van der Waals surface area (Å²) in [5, 5.41) is 6.50. The molecule has 1 N–H and O–H groups in total. The lowest BCUT2D eigenvalue weighted by Gasteiger charge is -2.36. The third-order valence-corrected chi connectivity index (χ3v) is 4.97. The number of piperazine rings is 1. The van der Waals surface area contributed by atoms with E-state index in [1.165, 1.54) is 6.26 Å². The number of carbonyl (C=O) groups excluding carboxylic acids is 2. The van der Waals surface area contributed by atoms with Gasteiger partial charge in [0.25, 0.3) is 0 Å². The fraction of sp³-hybridized carbons (Fsp3) is 0.333. The highest BCUT2D eigenvalue weighted by molar-refractivity contribution is 5.85. The van der Waals surface area contributed by atoms with Crippen molar-refractivity contribution in [2.24, 2.45) is 0 Å². The van der Waals surface area contributed by atoms with Crippen molar-refractivity contribution in [3.05, 3.63) is 54.6 Å². The molecule has 3 heterocycles. The third-order valence-electron chi connectivity index (χ3n) is 4.97. The molecule has 0 spiro atoms. The maximum absolute atomic E-state index is 12.4. The number of hydrogen-bond donors (Lipinski definition) is 1. The van der Waals surface area contributed by atoms with E-state index in [1.807, 2.05) is 18.2 Å². The molecule has 9 heteroatoms. The molecule has 0 saturated carbocycles. The van der Waals surface area contributed by atoms with Crippen molar-refractivity contribution in [2.45, 2.75) is 12.8 Å². The molecular weight excluding hydrogens is 386 g/mol. The van der Waals surface area contributed by atoms with E-state index in [9.17, 15) is 9.59 Å². The Bertz CT molecular complexity index is 962. The zero-order chi connectivity index (χ0) is 20.8. The zero-order valence-electron chi connectivity index (χ0n) is 16.5. The van der Waals surface area contributed by atoms with Gasteiger partial charge in [0, 0.05) is 44.7 Å². The molecule has 30 heavy (non-hydrogen) atoms. The van der Waals surface area contributed by atoms with Gasteiger partial charge in [-0.1, -0.05) is 23.4 Å². The van der Waals surface area contributed by atoms with Crippen LogP contribution in [0, 0.1) is 0 Å². The quantitative estimate of drug-likeness (QED) is 0.634. The van der Waals surface area contributed by atoms with Gasteiger partial charge < -0.3 is 24.1 Å². The van der Waals surface area contributed by atoms with Crippen LogP contribution in [-0.2, 0) is 16.0 Å². The monoisotopic (exact) mass is 409 g/mol. The minimum atomic E-state index is -0.232. The van der Waals surface area contributed by atoms with E-state index in [2.05, 4.69) is 32.5 Å². The Hall–Kier alpha value is -3.62. The van der Waals surface area contributed by atoms with Gasteiger partial charge in [0.2, 0.25) is 23.5 Å². The van der Waals surface area contributed by atoms with Crippen molar-refractivity contribution in [1.82, 2.24) is 20.4 Å². The third kappa shape index (κ3) is 4.86. The summed E-state index contributed by atoms with van der Waals surface area (Å²) in [7, 11) is 0. The molecule has 156 valence electrons. The number of aryl methyl sites for hydroxylation is 1. The van der Waals surface area contributed by atoms with Crippen LogP contribution in [-0.4, -0.2) is 59.6 Å². The summed E-state index contributed by atoms with van der Waals surface area (Å²) in [4.78, 5) is 32.7. The fourth-order valence-electron chi connectivity index (χ4n) is 3.31. The maximum atomic E-state index is 12.4. The van der Waals surface area contributed by atoms with E-state index in [-0.39, 0.29) is 24.8 Å². The number of amides is 2. The number of rotatable bonds is 7. The highest BCUT2D eigenvalue weighted by Crippen LogP contribution is 2.17. The number of carbonyl (C=O) groups is 2. The average Bonchev–Trinajstić information content (AvgIpc) is 3.49. The lowest BCUT2D eigenvalue weighted by Crippen LogP contribution is -2.51. The van der Waals surface area contributed by atoms with Crippen LogP contribution in [0.15, 0.2) is 57.7 Å². The number of aromatic nitrogens is 2. The van der Waals surface area contributed by atoms with Gasteiger partial charge in [-0.15, -0.1) is 0 Å². The van der Waals surface area contributed by atoms with Crippen LogP contribution in [0.2, 0.25) is 0 Å². The Morgan fingerprint density at radius 3 is 2.57 bits per heavy atom. The summed E-state index contributed by atoms with van der Waals surface area (Å²) in [6, 6.07) is 13.6. The SMILES string of the molecule is O=C(CCc1nc(-c2ccco2)no1)NCC(=O)N1CCN(c2ccccc2)CC1. The molecule has 1 aliphatic heterocycles. The summed E-state index contributed by atoms with van der Waals surface area (Å²) in [6.45, 7) is 2.83. The first-order valence-electron chi connectivity index (χ1n) is 9.90. The van der Waals surface area contributed by atoms with Crippen LogP contribution in [0.5, 0.6) is 0 Å². The van der Waals surface area contributed by atoms with Crippen molar-refractivity contribution >= 4 is 17.5 Å². The van der Waals surface area contributed by atoms with Crippen LogP contribution in [0.1, 0.15) is 12.3 Å². The Balaban J connectivity index is 1.17. The van der Waals surface area contributed by atoms with Crippen LogP contribution < -0.4 is 10.2 Å². The summed E-state index contributed by atoms with van der Waals surface area (Å²) < 4.78 is 10.3. The molecule has 1 fully saturated rings. The summed E-state index contributed by atoms with van der Waals surface area (Å²) in [6.07, 6.45) is 1.98. The number of nitrogens with zero attached hydrogens (tertiary/aromatic N) is 4. The highest BCUT2D eigenvalue weighted by Gasteiger charge is 2.21. The summed E-state index contributed by atoms with van der Waals surface area (Å²) in [5.41, 5.74) is 1.16. The second-order valence-corrected chi connectivity index (χ2v) is 6.97. The van der Waals surface area contributed by atoms with Crippen LogP contribution >= 0.6 is 0 Å². The van der Waals surface area contributed by atoms with Crippen molar-refractivity contribution < 1.29 is 18.5 Å². The van der Waals surface area contributed by atoms with Crippen molar-refractivity contribution in [3.63, 3.8) is 0 Å². The Labute approximate surface area is 173 Å². The Morgan fingerprint density at radius 2 is 1.83 bits per heavy atom. The Kier molecular flexibility index (Phi) is 6.07. The van der Waals surface area contributed by atoms with Gasteiger partial charge in [-0.25, -0.2) is 0 Å². The van der Waals surface area contributed by atoms with E-state index in [0.29, 0.717) is 37.0 Å². The molecule has 0 unspecified atom stereocenters. The first kappa shape index (κ1) is 19.7. The van der Waals surface area contributed by atoms with Gasteiger partial charge >= 0.3 is 0 Å². The van der Waals surface area contributed by atoms with Gasteiger partial charge in [-0.2, -0.15) is 4.98 Å². The lowest BCUT2D eigenvalue weighted by molar-refractivity contribution is -0.133. The molecule has 2 aromatic heterocycles. The van der Waals surface area contributed by atoms with E-state index in [1.54, 1.807) is 17.0 Å². The van der Waals surface area contributed by atoms with Gasteiger partial charge in [-0.05, 0) is 24.3 Å². The summed E-state index contributed by atoms with van der Waals surface area (Å²) >= 11 is 0. The first-order chi connectivity index (χ1) is 14.7. The maximum Gasteiger partial charge on any atom is 0.242 e. The number of furan rings is 1. The molecule has 0 radical (unpaired) electrons. The largest absolute Gasteiger partial charge is 0.461 e. The van der Waals surface area contributed by atoms with E-state index >= 15 is 0 Å². The first-order valence-corrected chi connectivity index (χ1v) is 9.90. The van der Waals surface area contributed by atoms with Crippen LogP contribution in [0.3, 0.4) is 0 Å². The minimum Gasteiger partial charge on any atom is -0.461 e. The second kappa shape index (κ2) is 9.25. The molecule has 2 amide bonds. The molecule has 1 saturated heterocycles. The number of hydrogen-bond acceptors (Lipinski definition) is 7. The molecule has 0 atom stereocenters. The molecule has 1 aromatic carbocycles. The predicted octanol–water partition coefficient (Wildman–Crippen LogP) is 1.73. The summed E-state index contributed by atoms with van der Waals surface area (Å²) in [5.74, 6) is 0.894. The Morgan fingerprint density at radius 1 is 1.03 bits per heavy atom. The van der Waals surface area contributed by atoms with Crippen molar-refractivity contribution in [2.75, 3.05) is 37.6 Å².